The molecule has 0 aliphatic rings. The van der Waals surface area contributed by atoms with Gasteiger partial charge in [0, 0.05) is 6.08 Å². The summed E-state index contributed by atoms with van der Waals surface area (Å²) >= 11 is 0. The van der Waals surface area contributed by atoms with Crippen LogP contribution in [0.15, 0.2) is 36.5 Å². The Labute approximate surface area is 132 Å². The Balaban J connectivity index is 3.59. The van der Waals surface area contributed by atoms with E-state index in [2.05, 4.69) is 12.2 Å². The Morgan fingerprint density at radius 3 is 2.45 bits per heavy atom. The van der Waals surface area contributed by atoms with Crippen LogP contribution in [0.25, 0.3) is 0 Å². The lowest BCUT2D eigenvalue weighted by Crippen LogP contribution is -2.21. The van der Waals surface area contributed by atoms with Crippen molar-refractivity contribution >= 4 is 5.97 Å². The summed E-state index contributed by atoms with van der Waals surface area (Å²) in [5, 5.41) is 26.6. The minimum atomic E-state index is -1.03. The van der Waals surface area contributed by atoms with Gasteiger partial charge in [0.2, 0.25) is 0 Å². The molecule has 0 fully saturated rings. The number of carbonyl (C=O) groups excluding carboxylic acids is 1. The zero-order valence-electron chi connectivity index (χ0n) is 13.2. The largest absolute Gasteiger partial charge is 0.460 e. The van der Waals surface area contributed by atoms with Gasteiger partial charge in [0.15, 0.2) is 0 Å². The van der Waals surface area contributed by atoms with Gasteiger partial charge in [0.1, 0.15) is 12.7 Å². The summed E-state index contributed by atoms with van der Waals surface area (Å²) in [5.74, 6) is -0.546. The summed E-state index contributed by atoms with van der Waals surface area (Å²) in [6, 6.07) is 0. The van der Waals surface area contributed by atoms with Crippen molar-refractivity contribution in [3.8, 4) is 0 Å². The minimum absolute atomic E-state index is 0.205. The first kappa shape index (κ1) is 20.6. The van der Waals surface area contributed by atoms with Crippen LogP contribution < -0.4 is 0 Å². The standard InChI is InChI=1S/C17H28O5/c1-15(19)11-9-7-5-3-2-4-6-8-10-12-17(21)22-14-16(20)13-18/h3,5-6,8,10,12,15-16,18-20H,2,4,7,9,11,13-14H2,1H3. The third kappa shape index (κ3) is 15.0. The molecule has 0 heterocycles. The maximum Gasteiger partial charge on any atom is 0.330 e. The molecule has 0 spiro atoms. The molecule has 0 amide bonds. The predicted molar refractivity (Wildman–Crippen MR) is 86.2 cm³/mol. The van der Waals surface area contributed by atoms with Crippen LogP contribution in [0.3, 0.4) is 0 Å². The molecule has 0 aromatic heterocycles. The van der Waals surface area contributed by atoms with Crippen LogP contribution in [0.5, 0.6) is 0 Å². The number of aliphatic hydroxyl groups excluding tert-OH is 3. The zero-order valence-corrected chi connectivity index (χ0v) is 13.2. The van der Waals surface area contributed by atoms with Gasteiger partial charge in [-0.15, -0.1) is 0 Å². The molecule has 126 valence electrons. The average Bonchev–Trinajstić information content (AvgIpc) is 2.49. The molecule has 2 atom stereocenters. The molecule has 0 saturated carbocycles. The number of hydrogen-bond donors (Lipinski definition) is 3. The Morgan fingerprint density at radius 1 is 1.09 bits per heavy atom. The Hall–Kier alpha value is -1.43. The van der Waals surface area contributed by atoms with Crippen molar-refractivity contribution in [1.82, 2.24) is 0 Å². The fourth-order valence-corrected chi connectivity index (χ4v) is 1.55. The molecule has 0 aliphatic carbocycles. The predicted octanol–water partition coefficient (Wildman–Crippen LogP) is 1.88. The Bertz CT molecular complexity index is 358. The highest BCUT2D eigenvalue weighted by molar-refractivity contribution is 5.82. The van der Waals surface area contributed by atoms with Crippen molar-refractivity contribution in [2.24, 2.45) is 0 Å². The van der Waals surface area contributed by atoms with Gasteiger partial charge in [-0.3, -0.25) is 0 Å². The van der Waals surface area contributed by atoms with Crippen LogP contribution in [0.2, 0.25) is 0 Å². The van der Waals surface area contributed by atoms with Gasteiger partial charge in [-0.1, -0.05) is 30.4 Å². The van der Waals surface area contributed by atoms with E-state index in [0.717, 1.165) is 32.1 Å². The number of unbranched alkanes of at least 4 members (excludes halogenated alkanes) is 2. The smallest absolute Gasteiger partial charge is 0.330 e. The van der Waals surface area contributed by atoms with Crippen LogP contribution in [0.4, 0.5) is 0 Å². The summed E-state index contributed by atoms with van der Waals surface area (Å²) in [4.78, 5) is 11.2. The third-order valence-electron chi connectivity index (χ3n) is 2.77. The molecule has 5 heteroatoms. The first-order valence-corrected chi connectivity index (χ1v) is 7.68. The van der Waals surface area contributed by atoms with Gasteiger partial charge in [0.05, 0.1) is 12.7 Å². The summed E-state index contributed by atoms with van der Waals surface area (Å²) in [6.45, 7) is 1.17. The van der Waals surface area contributed by atoms with Crippen molar-refractivity contribution in [3.05, 3.63) is 36.5 Å². The van der Waals surface area contributed by atoms with Crippen LogP contribution in [-0.4, -0.2) is 46.7 Å². The highest BCUT2D eigenvalue weighted by atomic mass is 16.5. The van der Waals surface area contributed by atoms with E-state index in [1.807, 2.05) is 6.08 Å². The van der Waals surface area contributed by atoms with E-state index in [4.69, 9.17) is 20.1 Å². The maximum absolute atomic E-state index is 11.2. The molecule has 0 bridgehead atoms. The van der Waals surface area contributed by atoms with Crippen molar-refractivity contribution in [2.45, 2.75) is 51.2 Å². The molecule has 0 aliphatic heterocycles. The van der Waals surface area contributed by atoms with Gasteiger partial charge < -0.3 is 20.1 Å². The zero-order chi connectivity index (χ0) is 16.6. The van der Waals surface area contributed by atoms with E-state index >= 15 is 0 Å². The Kier molecular flexibility index (Phi) is 13.6. The summed E-state index contributed by atoms with van der Waals surface area (Å²) < 4.78 is 4.70. The van der Waals surface area contributed by atoms with Gasteiger partial charge in [0.25, 0.3) is 0 Å². The Morgan fingerprint density at radius 2 is 1.77 bits per heavy atom. The number of hydrogen-bond acceptors (Lipinski definition) is 5. The number of rotatable bonds is 12. The summed E-state index contributed by atoms with van der Waals surface area (Å²) in [6.07, 6.45) is 14.2. The SMILES string of the molecule is CC(O)CCCC=CCCC=CC=CC(=O)OCC(O)CO. The summed E-state index contributed by atoms with van der Waals surface area (Å²) in [5.41, 5.74) is 0. The van der Waals surface area contributed by atoms with E-state index in [-0.39, 0.29) is 12.7 Å². The highest BCUT2D eigenvalue weighted by Gasteiger charge is 2.04. The van der Waals surface area contributed by atoms with Crippen LogP contribution in [-0.2, 0) is 9.53 Å². The van der Waals surface area contributed by atoms with Crippen LogP contribution >= 0.6 is 0 Å². The molecule has 0 aromatic carbocycles. The van der Waals surface area contributed by atoms with Crippen molar-refractivity contribution < 1.29 is 24.9 Å². The lowest BCUT2D eigenvalue weighted by atomic mass is 10.1. The number of allylic oxidation sites excluding steroid dienone is 5. The number of aliphatic hydroxyl groups is 3. The molecule has 5 nitrogen and oxygen atoms in total. The molecular formula is C17H28O5. The van der Waals surface area contributed by atoms with Crippen molar-refractivity contribution in [2.75, 3.05) is 13.2 Å². The number of carbonyl (C=O) groups is 1. The molecular weight excluding hydrogens is 284 g/mol. The molecule has 2 unspecified atom stereocenters. The molecule has 0 radical (unpaired) electrons. The van der Waals surface area contributed by atoms with Crippen molar-refractivity contribution in [1.29, 1.82) is 0 Å². The lowest BCUT2D eigenvalue weighted by Gasteiger charge is -2.05. The number of esters is 1. The summed E-state index contributed by atoms with van der Waals surface area (Å²) in [7, 11) is 0. The van der Waals surface area contributed by atoms with Crippen molar-refractivity contribution in [3.63, 3.8) is 0 Å². The van der Waals surface area contributed by atoms with E-state index in [0.29, 0.717) is 0 Å². The van der Waals surface area contributed by atoms with Gasteiger partial charge in [-0.2, -0.15) is 0 Å². The van der Waals surface area contributed by atoms with Gasteiger partial charge in [-0.25, -0.2) is 4.79 Å². The monoisotopic (exact) mass is 312 g/mol. The second-order valence-electron chi connectivity index (χ2n) is 5.08. The van der Waals surface area contributed by atoms with E-state index in [1.165, 1.54) is 6.08 Å². The second kappa shape index (κ2) is 14.5. The van der Waals surface area contributed by atoms with Gasteiger partial charge >= 0.3 is 5.97 Å². The quantitative estimate of drug-likeness (QED) is 0.168. The normalized spacial score (nSPS) is 14.9. The average molecular weight is 312 g/mol. The lowest BCUT2D eigenvalue weighted by molar-refractivity contribution is -0.141. The maximum atomic E-state index is 11.2. The van der Waals surface area contributed by atoms with E-state index in [1.54, 1.807) is 19.1 Å². The molecule has 0 aromatic rings. The first-order chi connectivity index (χ1) is 10.6. The number of ether oxygens (including phenoxy) is 1. The molecule has 22 heavy (non-hydrogen) atoms. The van der Waals surface area contributed by atoms with Gasteiger partial charge in [-0.05, 0) is 39.0 Å². The molecule has 3 N–H and O–H groups in total. The minimum Gasteiger partial charge on any atom is -0.460 e. The second-order valence-corrected chi connectivity index (χ2v) is 5.08. The fraction of sp³-hybridized carbons (Fsp3) is 0.588. The molecule has 0 saturated heterocycles. The van der Waals surface area contributed by atoms with Crippen LogP contribution in [0, 0.1) is 0 Å². The third-order valence-corrected chi connectivity index (χ3v) is 2.77. The molecule has 0 rings (SSSR count). The van der Waals surface area contributed by atoms with Crippen LogP contribution in [0.1, 0.15) is 39.0 Å². The highest BCUT2D eigenvalue weighted by Crippen LogP contribution is 2.02. The van der Waals surface area contributed by atoms with E-state index in [9.17, 15) is 4.79 Å². The first-order valence-electron chi connectivity index (χ1n) is 7.68. The fourth-order valence-electron chi connectivity index (χ4n) is 1.55. The van der Waals surface area contributed by atoms with E-state index < -0.39 is 18.7 Å². The topological polar surface area (TPSA) is 87.0 Å².